The minimum Gasteiger partial charge on any atom is -0.374 e. The Morgan fingerprint density at radius 3 is 1.90 bits per heavy atom. The number of benzene rings is 1. The van der Waals surface area contributed by atoms with Crippen molar-refractivity contribution in [1.82, 2.24) is 60.9 Å². The van der Waals surface area contributed by atoms with Crippen LogP contribution in [-0.4, -0.2) is 114 Å². The summed E-state index contributed by atoms with van der Waals surface area (Å²) in [6.07, 6.45) is 2.73. The van der Waals surface area contributed by atoms with Gasteiger partial charge in [0, 0.05) is 97.6 Å². The second kappa shape index (κ2) is 16.6. The molecule has 0 amide bonds. The number of piperazine rings is 2. The maximum atomic E-state index is 6.15. The van der Waals surface area contributed by atoms with Crippen molar-refractivity contribution in [3.63, 3.8) is 0 Å². The summed E-state index contributed by atoms with van der Waals surface area (Å²) < 4.78 is 6.15. The van der Waals surface area contributed by atoms with Gasteiger partial charge in [-0.2, -0.15) is 30.1 Å². The van der Waals surface area contributed by atoms with Crippen LogP contribution in [0, 0.1) is 0 Å². The highest BCUT2D eigenvalue weighted by Crippen LogP contribution is 2.33. The summed E-state index contributed by atoms with van der Waals surface area (Å²) in [5, 5.41) is 31.7. The molecule has 332 valence electrons. The summed E-state index contributed by atoms with van der Waals surface area (Å²) in [6, 6.07) is 17.3. The molecule has 8 N–H and O–H groups in total. The highest BCUT2D eigenvalue weighted by molar-refractivity contribution is 5.94. The van der Waals surface area contributed by atoms with Gasteiger partial charge in [-0.15, -0.1) is 0 Å². The van der Waals surface area contributed by atoms with Gasteiger partial charge in [-0.3, -0.25) is 10.2 Å². The van der Waals surface area contributed by atoms with Crippen LogP contribution in [0.2, 0.25) is 0 Å². The van der Waals surface area contributed by atoms with Gasteiger partial charge in [-0.25, -0.2) is 0 Å². The fourth-order valence-electron chi connectivity index (χ4n) is 8.10. The fourth-order valence-corrected chi connectivity index (χ4v) is 8.10. The topological polar surface area (TPSA) is 204 Å². The van der Waals surface area contributed by atoms with Crippen LogP contribution in [-0.2, 0) is 22.0 Å². The zero-order valence-electron chi connectivity index (χ0n) is 38.0. The van der Waals surface area contributed by atoms with Crippen LogP contribution >= 0.6 is 0 Å². The van der Waals surface area contributed by atoms with E-state index in [9.17, 15) is 0 Å². The molecule has 17 nitrogen and oxygen atoms in total. The molecule has 1 aromatic carbocycles. The zero-order valence-corrected chi connectivity index (χ0v) is 38.0. The minimum atomic E-state index is -0.217. The molecule has 2 aliphatic heterocycles. The maximum absolute atomic E-state index is 6.15. The maximum Gasteiger partial charge on any atom is 0.229 e. The largest absolute Gasteiger partial charge is 0.374 e. The number of hydrogen-bond acceptors (Lipinski definition) is 13. The Hall–Kier alpha value is -6.04. The van der Waals surface area contributed by atoms with E-state index < -0.39 is 0 Å². The quantitative estimate of drug-likeness (QED) is 0.0659. The lowest BCUT2D eigenvalue weighted by molar-refractivity contribution is -0.0146. The third-order valence-corrected chi connectivity index (χ3v) is 11.7. The number of aromatic nitrogens is 10. The van der Waals surface area contributed by atoms with Crippen molar-refractivity contribution in [3.8, 4) is 11.3 Å². The number of nitrogens with zero attached hydrogens (tertiary/aromatic N) is 8. The summed E-state index contributed by atoms with van der Waals surface area (Å²) in [5.74, 6) is 4.20. The average molecular weight is 855 g/mol. The van der Waals surface area contributed by atoms with E-state index >= 15 is 0 Å². The molecule has 0 bridgehead atoms. The molecule has 1 unspecified atom stereocenters. The van der Waals surface area contributed by atoms with E-state index in [4.69, 9.17) is 24.7 Å². The van der Waals surface area contributed by atoms with Crippen molar-refractivity contribution < 1.29 is 4.74 Å². The van der Waals surface area contributed by atoms with Crippen molar-refractivity contribution in [2.75, 3.05) is 66.3 Å². The molecule has 9 rings (SSSR count). The summed E-state index contributed by atoms with van der Waals surface area (Å²) in [4.78, 5) is 31.7. The van der Waals surface area contributed by atoms with Gasteiger partial charge in [0.1, 0.15) is 22.9 Å². The second-order valence-corrected chi connectivity index (χ2v) is 20.0. The van der Waals surface area contributed by atoms with Gasteiger partial charge in [0.05, 0.1) is 23.0 Å². The molecule has 17 heteroatoms. The molecular formula is C46H62N16O. The fraction of sp³-hybridized carbons (Fsp3) is 0.478. The van der Waals surface area contributed by atoms with Gasteiger partial charge in [0.2, 0.25) is 11.9 Å². The predicted octanol–water partition coefficient (Wildman–Crippen LogP) is 7.04. The number of hydrogen-bond donors (Lipinski definition) is 8. The minimum absolute atomic E-state index is 0.0480. The van der Waals surface area contributed by atoms with Crippen LogP contribution in [0.3, 0.4) is 0 Å². The van der Waals surface area contributed by atoms with Crippen molar-refractivity contribution in [3.05, 3.63) is 71.7 Å². The molecule has 8 heterocycles. The Labute approximate surface area is 368 Å². The van der Waals surface area contributed by atoms with Crippen molar-refractivity contribution in [1.29, 1.82) is 0 Å². The Morgan fingerprint density at radius 1 is 0.683 bits per heavy atom. The number of anilines is 6. The highest BCUT2D eigenvalue weighted by atomic mass is 16.5. The van der Waals surface area contributed by atoms with Crippen LogP contribution in [0.25, 0.3) is 33.3 Å². The Bertz CT molecular complexity index is 2690. The molecule has 0 spiro atoms. The predicted molar refractivity (Wildman–Crippen MR) is 252 cm³/mol. The van der Waals surface area contributed by atoms with Crippen LogP contribution in [0.4, 0.5) is 35.2 Å². The van der Waals surface area contributed by atoms with E-state index in [2.05, 4.69) is 160 Å². The lowest BCUT2D eigenvalue weighted by atomic mass is 9.92. The molecule has 2 aliphatic rings. The van der Waals surface area contributed by atoms with Gasteiger partial charge >= 0.3 is 0 Å². The SMILES string of the molecule is CC(C)(C)OCC1CN(c2nc(Nc3cc(C(C)(C)C)[nH]n3)c3cc(-c4cccc(C[C@@H]5CN(c6nc(Nc7cc(C(C)(C)C)[nH]n7)c7cc[nH]c7n6)CCN5)c4)[nH]c3n2)CCN1. The van der Waals surface area contributed by atoms with Crippen LogP contribution in [0.1, 0.15) is 79.3 Å². The molecule has 2 fully saturated rings. The number of aromatic amines is 4. The molecule has 6 aromatic heterocycles. The summed E-state index contributed by atoms with van der Waals surface area (Å²) in [5.41, 5.74) is 6.56. The van der Waals surface area contributed by atoms with E-state index in [0.29, 0.717) is 30.1 Å². The van der Waals surface area contributed by atoms with Crippen molar-refractivity contribution >= 4 is 57.2 Å². The third kappa shape index (κ3) is 9.65. The van der Waals surface area contributed by atoms with Crippen LogP contribution < -0.4 is 31.1 Å². The first-order valence-electron chi connectivity index (χ1n) is 22.1. The third-order valence-electron chi connectivity index (χ3n) is 11.7. The first-order chi connectivity index (χ1) is 30.0. The number of nitrogens with one attached hydrogen (secondary N) is 8. The van der Waals surface area contributed by atoms with Gasteiger partial charge in [-0.1, -0.05) is 59.7 Å². The second-order valence-electron chi connectivity index (χ2n) is 20.0. The van der Waals surface area contributed by atoms with Crippen molar-refractivity contribution in [2.24, 2.45) is 0 Å². The van der Waals surface area contributed by atoms with Gasteiger partial charge in [-0.05, 0) is 56.5 Å². The molecule has 0 radical (unpaired) electrons. The molecule has 63 heavy (non-hydrogen) atoms. The number of rotatable bonds is 11. The van der Waals surface area contributed by atoms with Crippen LogP contribution in [0.15, 0.2) is 54.7 Å². The standard InChI is InChI=1S/C46H62N16O/c1-44(2,3)34-22-36(59-57-34)51-39-31-13-14-49-38(31)53-42(54-39)61-17-15-47-29(24-61)20-27-11-10-12-28(19-27)33-21-32-40(50-33)55-43(62-18-16-48-30(25-62)26-63-46(7,8)9)56-41(32)52-37-23-35(58-60-37)45(4,5)6/h10-14,19,21-23,29-30,47-48H,15-18,20,24-26H2,1-9H3,(H3,49,51,53,54,57,59)(H3,50,52,55,56,58,60)/t29-,30?/m1/s1. The van der Waals surface area contributed by atoms with E-state index in [1.54, 1.807) is 0 Å². The summed E-state index contributed by atoms with van der Waals surface area (Å²) in [6.45, 7) is 24.5. The number of H-pyrrole nitrogens is 4. The first kappa shape index (κ1) is 42.3. The molecular weight excluding hydrogens is 793 g/mol. The molecule has 7 aromatic rings. The average Bonchev–Trinajstić information content (AvgIpc) is 4.07. The molecule has 0 saturated carbocycles. The van der Waals surface area contributed by atoms with Gasteiger partial charge in [0.25, 0.3) is 0 Å². The molecule has 2 saturated heterocycles. The highest BCUT2D eigenvalue weighted by Gasteiger charge is 2.27. The monoisotopic (exact) mass is 855 g/mol. The normalized spacial score (nSPS) is 17.9. The van der Waals surface area contributed by atoms with Gasteiger partial charge < -0.3 is 45.8 Å². The lowest BCUT2D eigenvalue weighted by Crippen LogP contribution is -2.53. The molecule has 0 aliphatic carbocycles. The number of ether oxygens (including phenoxy) is 1. The molecule has 2 atom stereocenters. The number of fused-ring (bicyclic) bond motifs is 2. The Morgan fingerprint density at radius 2 is 1.29 bits per heavy atom. The van der Waals surface area contributed by atoms with E-state index in [-0.39, 0.29) is 28.5 Å². The smallest absolute Gasteiger partial charge is 0.229 e. The van der Waals surface area contributed by atoms with E-state index in [1.807, 2.05) is 18.3 Å². The Balaban J connectivity index is 0.953. The zero-order chi connectivity index (χ0) is 44.1. The van der Waals surface area contributed by atoms with Gasteiger partial charge in [0.15, 0.2) is 11.6 Å². The lowest BCUT2D eigenvalue weighted by Gasteiger charge is -2.35. The Kier molecular flexibility index (Phi) is 11.1. The first-order valence-corrected chi connectivity index (χ1v) is 22.1. The summed E-state index contributed by atoms with van der Waals surface area (Å²) in [7, 11) is 0. The van der Waals surface area contributed by atoms with Crippen molar-refractivity contribution in [2.45, 2.75) is 97.2 Å². The summed E-state index contributed by atoms with van der Waals surface area (Å²) >= 11 is 0. The van der Waals surface area contributed by atoms with E-state index in [0.717, 1.165) is 102 Å². The van der Waals surface area contributed by atoms with Crippen LogP contribution in [0.5, 0.6) is 0 Å². The van der Waals surface area contributed by atoms with E-state index in [1.165, 1.54) is 5.56 Å².